The van der Waals surface area contributed by atoms with E-state index in [-0.39, 0.29) is 12.6 Å². The van der Waals surface area contributed by atoms with Gasteiger partial charge in [-0.25, -0.2) is 9.59 Å². The third-order valence-electron chi connectivity index (χ3n) is 5.05. The van der Waals surface area contributed by atoms with Gasteiger partial charge in [-0.3, -0.25) is 0 Å². The van der Waals surface area contributed by atoms with E-state index in [1.54, 1.807) is 6.92 Å². The molecular formula is C34H50O5. The number of rotatable bonds is 15. The van der Waals surface area contributed by atoms with Crippen molar-refractivity contribution < 1.29 is 23.8 Å². The molecule has 0 aliphatic heterocycles. The molecule has 0 bridgehead atoms. The number of hydrogen-bond acceptors (Lipinski definition) is 5. The second kappa shape index (κ2) is 23.8. The lowest BCUT2D eigenvalue weighted by atomic mass is 10.0. The van der Waals surface area contributed by atoms with E-state index in [2.05, 4.69) is 40.9 Å². The molecule has 216 valence electrons. The molecule has 39 heavy (non-hydrogen) atoms. The second-order valence-electron chi connectivity index (χ2n) is 9.95. The van der Waals surface area contributed by atoms with Gasteiger partial charge in [0.15, 0.2) is 0 Å². The van der Waals surface area contributed by atoms with Crippen LogP contribution in [0.4, 0.5) is 0 Å². The highest BCUT2D eigenvalue weighted by atomic mass is 16.6. The van der Waals surface area contributed by atoms with Crippen LogP contribution >= 0.6 is 0 Å². The van der Waals surface area contributed by atoms with Gasteiger partial charge in [-0.2, -0.15) is 0 Å². The number of hydrogen-bond donors (Lipinski definition) is 0. The lowest BCUT2D eigenvalue weighted by Gasteiger charge is -2.06. The van der Waals surface area contributed by atoms with Gasteiger partial charge in [0.05, 0.1) is 0 Å². The molecule has 5 heteroatoms. The maximum absolute atomic E-state index is 11.0. The number of carbonyl (C=O) groups excluding carboxylic acids is 2. The van der Waals surface area contributed by atoms with Gasteiger partial charge < -0.3 is 14.2 Å². The zero-order valence-electron chi connectivity index (χ0n) is 24.9. The SMILES string of the molecule is C=C(C)C(=O)OCCOc1ccccc1.C=CC(=O)Oc1ccc(CCCCCCCCC)cc1.CC(C)C. The van der Waals surface area contributed by atoms with E-state index in [0.29, 0.717) is 17.9 Å². The normalized spacial score (nSPS) is 9.79. The van der Waals surface area contributed by atoms with Gasteiger partial charge in [0.25, 0.3) is 0 Å². The predicted molar refractivity (Wildman–Crippen MR) is 162 cm³/mol. The Balaban J connectivity index is 0.000000670. The Labute approximate surface area is 237 Å². The van der Waals surface area contributed by atoms with Gasteiger partial charge in [-0.05, 0) is 55.5 Å². The quantitative estimate of drug-likeness (QED) is 0.0980. The Bertz CT molecular complexity index is 914. The second-order valence-corrected chi connectivity index (χ2v) is 9.95. The summed E-state index contributed by atoms with van der Waals surface area (Å²) in [5, 5.41) is 0. The van der Waals surface area contributed by atoms with Crippen LogP contribution < -0.4 is 9.47 Å². The highest BCUT2D eigenvalue weighted by Gasteiger charge is 2.02. The average Bonchev–Trinajstić information content (AvgIpc) is 2.92. The summed E-state index contributed by atoms with van der Waals surface area (Å²) in [6.45, 7) is 17.8. The highest BCUT2D eigenvalue weighted by Crippen LogP contribution is 2.15. The molecule has 0 spiro atoms. The fourth-order valence-electron chi connectivity index (χ4n) is 3.10. The van der Waals surface area contributed by atoms with E-state index in [1.807, 2.05) is 54.6 Å². The summed E-state index contributed by atoms with van der Waals surface area (Å²) in [4.78, 5) is 22.0. The maximum Gasteiger partial charge on any atom is 0.335 e. The predicted octanol–water partition coefficient (Wildman–Crippen LogP) is 8.92. The molecule has 0 N–H and O–H groups in total. The summed E-state index contributed by atoms with van der Waals surface area (Å²) in [5.41, 5.74) is 1.70. The number of benzene rings is 2. The minimum Gasteiger partial charge on any atom is -0.490 e. The van der Waals surface area contributed by atoms with Crippen LogP contribution in [0.1, 0.15) is 85.1 Å². The lowest BCUT2D eigenvalue weighted by Crippen LogP contribution is -2.12. The van der Waals surface area contributed by atoms with Gasteiger partial charge in [0, 0.05) is 11.6 Å². The molecule has 2 aromatic rings. The van der Waals surface area contributed by atoms with E-state index >= 15 is 0 Å². The number of carbonyl (C=O) groups is 2. The first-order chi connectivity index (χ1) is 18.7. The molecule has 0 radical (unpaired) electrons. The highest BCUT2D eigenvalue weighted by molar-refractivity contribution is 5.86. The molecule has 5 nitrogen and oxygen atoms in total. The fourth-order valence-corrected chi connectivity index (χ4v) is 3.10. The first-order valence-corrected chi connectivity index (χ1v) is 14.1. The molecule has 0 amide bonds. The smallest absolute Gasteiger partial charge is 0.335 e. The number of aryl methyl sites for hydroxylation is 1. The van der Waals surface area contributed by atoms with Crippen molar-refractivity contribution in [2.24, 2.45) is 5.92 Å². The average molecular weight is 539 g/mol. The third kappa shape index (κ3) is 22.4. The van der Waals surface area contributed by atoms with Crippen LogP contribution in [-0.2, 0) is 20.7 Å². The molecule has 0 atom stereocenters. The third-order valence-corrected chi connectivity index (χ3v) is 5.05. The van der Waals surface area contributed by atoms with Crippen molar-refractivity contribution in [3.05, 3.63) is 85.0 Å². The van der Waals surface area contributed by atoms with Gasteiger partial charge in [-0.1, -0.05) is 110 Å². The van der Waals surface area contributed by atoms with E-state index < -0.39 is 5.97 Å². The van der Waals surface area contributed by atoms with Crippen molar-refractivity contribution in [3.8, 4) is 11.5 Å². The Morgan fingerprint density at radius 3 is 1.92 bits per heavy atom. The monoisotopic (exact) mass is 538 g/mol. The summed E-state index contributed by atoms with van der Waals surface area (Å²) >= 11 is 0. The summed E-state index contributed by atoms with van der Waals surface area (Å²) in [6, 6.07) is 17.1. The minimum atomic E-state index is -0.412. The van der Waals surface area contributed by atoms with Crippen LogP contribution in [0.2, 0.25) is 0 Å². The maximum atomic E-state index is 11.0. The van der Waals surface area contributed by atoms with E-state index in [9.17, 15) is 9.59 Å². The van der Waals surface area contributed by atoms with Crippen LogP contribution in [-0.4, -0.2) is 25.2 Å². The van der Waals surface area contributed by atoms with E-state index in [1.165, 1.54) is 56.6 Å². The van der Waals surface area contributed by atoms with Crippen molar-refractivity contribution in [2.45, 2.75) is 86.0 Å². The molecule has 2 rings (SSSR count). The molecule has 0 saturated carbocycles. The zero-order chi connectivity index (χ0) is 29.3. The van der Waals surface area contributed by atoms with Crippen molar-refractivity contribution in [1.29, 1.82) is 0 Å². The summed E-state index contributed by atoms with van der Waals surface area (Å²) in [6.07, 6.45) is 11.6. The summed E-state index contributed by atoms with van der Waals surface area (Å²) in [5.74, 6) is 1.39. The first kappa shape index (κ1) is 35.7. The Hall–Kier alpha value is -3.34. The van der Waals surface area contributed by atoms with E-state index in [0.717, 1.165) is 18.1 Å². The van der Waals surface area contributed by atoms with Crippen LogP contribution in [0.25, 0.3) is 0 Å². The number of para-hydroxylation sites is 1. The number of ether oxygens (including phenoxy) is 3. The van der Waals surface area contributed by atoms with Crippen LogP contribution in [0, 0.1) is 5.92 Å². The molecule has 0 aliphatic rings. The fraction of sp³-hybridized carbons (Fsp3) is 0.471. The topological polar surface area (TPSA) is 61.8 Å². The first-order valence-electron chi connectivity index (χ1n) is 14.1. The molecule has 0 aromatic heterocycles. The molecule has 0 unspecified atom stereocenters. The Kier molecular flexibility index (Phi) is 21.7. The largest absolute Gasteiger partial charge is 0.490 e. The minimum absolute atomic E-state index is 0.237. The summed E-state index contributed by atoms with van der Waals surface area (Å²) < 4.78 is 15.2. The Morgan fingerprint density at radius 2 is 1.38 bits per heavy atom. The molecule has 2 aromatic carbocycles. The number of esters is 2. The van der Waals surface area contributed by atoms with Crippen LogP contribution in [0.3, 0.4) is 0 Å². The van der Waals surface area contributed by atoms with Crippen molar-refractivity contribution in [1.82, 2.24) is 0 Å². The van der Waals surface area contributed by atoms with Gasteiger partial charge in [0.2, 0.25) is 0 Å². The molecule has 0 aliphatic carbocycles. The van der Waals surface area contributed by atoms with Crippen LogP contribution in [0.15, 0.2) is 79.4 Å². The van der Waals surface area contributed by atoms with Gasteiger partial charge in [-0.15, -0.1) is 0 Å². The van der Waals surface area contributed by atoms with Crippen LogP contribution in [0.5, 0.6) is 11.5 Å². The molecular weight excluding hydrogens is 488 g/mol. The molecule has 0 saturated heterocycles. The standard InChI is InChI=1S/C18H26O2.C12H14O3.C4H10/c1-3-5-6-7-8-9-10-11-16-12-14-17(15-13-16)20-18(19)4-2;1-10(2)12(13)15-9-8-14-11-6-4-3-5-7-11;1-4(2)3/h4,12-15H,2-3,5-11H2,1H3;3-7H,1,8-9H2,2H3;4H,1-3H3. The van der Waals surface area contributed by atoms with Crippen molar-refractivity contribution in [2.75, 3.05) is 13.2 Å². The number of unbranched alkanes of at least 4 members (excludes halogenated alkanes) is 6. The van der Waals surface area contributed by atoms with Crippen molar-refractivity contribution >= 4 is 11.9 Å². The molecule has 0 fully saturated rings. The summed E-state index contributed by atoms with van der Waals surface area (Å²) in [7, 11) is 0. The lowest BCUT2D eigenvalue weighted by molar-refractivity contribution is -0.139. The zero-order valence-corrected chi connectivity index (χ0v) is 24.9. The Morgan fingerprint density at radius 1 is 0.821 bits per heavy atom. The van der Waals surface area contributed by atoms with Gasteiger partial charge >= 0.3 is 11.9 Å². The molecule has 0 heterocycles. The van der Waals surface area contributed by atoms with Crippen molar-refractivity contribution in [3.63, 3.8) is 0 Å². The van der Waals surface area contributed by atoms with E-state index in [4.69, 9.17) is 14.2 Å². The van der Waals surface area contributed by atoms with Gasteiger partial charge in [0.1, 0.15) is 24.7 Å².